The number of rotatable bonds is 6. The van der Waals surface area contributed by atoms with Gasteiger partial charge < -0.3 is 14.7 Å². The van der Waals surface area contributed by atoms with Crippen molar-refractivity contribution in [3.8, 4) is 5.75 Å². The van der Waals surface area contributed by atoms with E-state index in [2.05, 4.69) is 45.7 Å². The lowest BCUT2D eigenvalue weighted by Crippen LogP contribution is -2.53. The molecule has 3 rings (SSSR count). The van der Waals surface area contributed by atoms with Crippen molar-refractivity contribution in [3.05, 3.63) is 46.9 Å². The first-order valence-electron chi connectivity index (χ1n) is 9.56. The van der Waals surface area contributed by atoms with Crippen molar-refractivity contribution >= 4 is 5.82 Å². The molecule has 146 valence electrons. The van der Waals surface area contributed by atoms with Gasteiger partial charge in [0.2, 0.25) is 0 Å². The summed E-state index contributed by atoms with van der Waals surface area (Å²) in [5.41, 5.74) is 3.80. The molecule has 1 fully saturated rings. The molecule has 6 nitrogen and oxygen atoms in total. The molecular formula is C21H30N4O2. The van der Waals surface area contributed by atoms with E-state index in [4.69, 9.17) is 4.74 Å². The van der Waals surface area contributed by atoms with E-state index in [-0.39, 0.29) is 6.61 Å². The number of nitrogens with zero attached hydrogens (tertiary/aromatic N) is 4. The van der Waals surface area contributed by atoms with Gasteiger partial charge in [-0.25, -0.2) is 9.97 Å². The Balaban J connectivity index is 1.76. The van der Waals surface area contributed by atoms with Crippen LogP contribution < -0.4 is 9.64 Å². The van der Waals surface area contributed by atoms with E-state index in [0.29, 0.717) is 6.04 Å². The summed E-state index contributed by atoms with van der Waals surface area (Å²) in [6.07, 6.45) is 2.57. The average Bonchev–Trinajstić information content (AvgIpc) is 2.67. The Labute approximate surface area is 161 Å². The summed E-state index contributed by atoms with van der Waals surface area (Å²) in [6, 6.07) is 6.48. The second kappa shape index (κ2) is 8.67. The minimum Gasteiger partial charge on any atom is -0.496 e. The first-order valence-corrected chi connectivity index (χ1v) is 9.56. The number of benzene rings is 1. The number of methoxy groups -OCH3 is 1. The number of aromatic nitrogens is 2. The van der Waals surface area contributed by atoms with Gasteiger partial charge in [-0.15, -0.1) is 0 Å². The van der Waals surface area contributed by atoms with E-state index in [0.717, 1.165) is 50.0 Å². The Bertz CT molecular complexity index is 781. The fraction of sp³-hybridized carbons (Fsp3) is 0.524. The van der Waals surface area contributed by atoms with Crippen molar-refractivity contribution in [3.63, 3.8) is 0 Å². The van der Waals surface area contributed by atoms with E-state index in [1.807, 2.05) is 19.2 Å². The van der Waals surface area contributed by atoms with Gasteiger partial charge >= 0.3 is 0 Å². The second-order valence-electron chi connectivity index (χ2n) is 7.22. The summed E-state index contributed by atoms with van der Waals surface area (Å²) in [7, 11) is 1.72. The van der Waals surface area contributed by atoms with Crippen molar-refractivity contribution in [1.29, 1.82) is 0 Å². The molecule has 0 saturated carbocycles. The Morgan fingerprint density at radius 1 is 1.15 bits per heavy atom. The van der Waals surface area contributed by atoms with Gasteiger partial charge in [0.25, 0.3) is 0 Å². The van der Waals surface area contributed by atoms with Gasteiger partial charge in [-0.3, -0.25) is 4.90 Å². The standard InChI is InChI=1S/C21H30N4O2/c1-15-16(2)20(27-4)6-5-18(15)13-24-10-11-25(14-19(24)8-12-26)21-7-9-22-17(3)23-21/h5-7,9,19,26H,8,10-14H2,1-4H3. The summed E-state index contributed by atoms with van der Waals surface area (Å²) in [6.45, 7) is 10.00. The summed E-state index contributed by atoms with van der Waals surface area (Å²) >= 11 is 0. The van der Waals surface area contributed by atoms with Crippen LogP contribution in [0.3, 0.4) is 0 Å². The molecule has 6 heteroatoms. The van der Waals surface area contributed by atoms with Crippen LogP contribution >= 0.6 is 0 Å². The van der Waals surface area contributed by atoms with Crippen LogP contribution in [0, 0.1) is 20.8 Å². The predicted octanol–water partition coefficient (Wildman–Crippen LogP) is 2.48. The van der Waals surface area contributed by atoms with Crippen LogP contribution in [-0.2, 0) is 6.54 Å². The van der Waals surface area contributed by atoms with Crippen molar-refractivity contribution in [2.45, 2.75) is 39.8 Å². The van der Waals surface area contributed by atoms with Crippen LogP contribution in [0.15, 0.2) is 24.4 Å². The molecular weight excluding hydrogens is 340 g/mol. The zero-order valence-corrected chi connectivity index (χ0v) is 16.8. The molecule has 1 aromatic carbocycles. The third kappa shape index (κ3) is 4.39. The summed E-state index contributed by atoms with van der Waals surface area (Å²) in [5, 5.41) is 9.58. The third-order valence-corrected chi connectivity index (χ3v) is 5.60. The van der Waals surface area contributed by atoms with Crippen LogP contribution in [0.4, 0.5) is 5.82 Å². The van der Waals surface area contributed by atoms with Crippen molar-refractivity contribution < 1.29 is 9.84 Å². The van der Waals surface area contributed by atoms with Gasteiger partial charge in [0, 0.05) is 45.0 Å². The lowest BCUT2D eigenvalue weighted by Gasteiger charge is -2.42. The number of aliphatic hydroxyl groups excluding tert-OH is 1. The zero-order valence-electron chi connectivity index (χ0n) is 16.8. The van der Waals surface area contributed by atoms with E-state index in [1.54, 1.807) is 7.11 Å². The third-order valence-electron chi connectivity index (χ3n) is 5.60. The Morgan fingerprint density at radius 3 is 2.67 bits per heavy atom. The molecule has 0 aliphatic carbocycles. The minimum atomic E-state index is 0.193. The number of aliphatic hydroxyl groups is 1. The lowest BCUT2D eigenvalue weighted by atomic mass is 10.00. The van der Waals surface area contributed by atoms with Crippen molar-refractivity contribution in [2.75, 3.05) is 38.3 Å². The molecule has 0 bridgehead atoms. The topological polar surface area (TPSA) is 61.7 Å². The predicted molar refractivity (Wildman–Crippen MR) is 107 cm³/mol. The maximum atomic E-state index is 9.58. The van der Waals surface area contributed by atoms with E-state index in [1.165, 1.54) is 16.7 Å². The monoisotopic (exact) mass is 370 g/mol. The highest BCUT2D eigenvalue weighted by Gasteiger charge is 2.28. The summed E-state index contributed by atoms with van der Waals surface area (Å²) in [4.78, 5) is 13.5. The van der Waals surface area contributed by atoms with Crippen LogP contribution in [0.2, 0.25) is 0 Å². The average molecular weight is 370 g/mol. The zero-order chi connectivity index (χ0) is 19.4. The van der Waals surface area contributed by atoms with Gasteiger partial charge in [-0.05, 0) is 56.0 Å². The van der Waals surface area contributed by atoms with Gasteiger partial charge in [0.05, 0.1) is 7.11 Å². The summed E-state index contributed by atoms with van der Waals surface area (Å²) < 4.78 is 5.44. The van der Waals surface area contributed by atoms with Crippen molar-refractivity contribution in [1.82, 2.24) is 14.9 Å². The number of aryl methyl sites for hydroxylation is 1. The van der Waals surface area contributed by atoms with Crippen LogP contribution in [-0.4, -0.2) is 59.4 Å². The molecule has 1 aliphatic heterocycles. The molecule has 0 spiro atoms. The molecule has 1 aliphatic rings. The van der Waals surface area contributed by atoms with Crippen LogP contribution in [0.5, 0.6) is 5.75 Å². The molecule has 1 aromatic heterocycles. The fourth-order valence-corrected chi connectivity index (χ4v) is 3.81. The smallest absolute Gasteiger partial charge is 0.132 e. The molecule has 2 aromatic rings. The highest BCUT2D eigenvalue weighted by molar-refractivity contribution is 5.44. The first-order chi connectivity index (χ1) is 13.0. The Morgan fingerprint density at radius 2 is 1.96 bits per heavy atom. The highest BCUT2D eigenvalue weighted by Crippen LogP contribution is 2.27. The van der Waals surface area contributed by atoms with Crippen LogP contribution in [0.25, 0.3) is 0 Å². The molecule has 1 atom stereocenters. The minimum absolute atomic E-state index is 0.193. The molecule has 0 radical (unpaired) electrons. The number of hydrogen-bond acceptors (Lipinski definition) is 6. The molecule has 1 unspecified atom stereocenters. The van der Waals surface area contributed by atoms with Crippen molar-refractivity contribution in [2.24, 2.45) is 0 Å². The molecule has 27 heavy (non-hydrogen) atoms. The number of piperazine rings is 1. The highest BCUT2D eigenvalue weighted by atomic mass is 16.5. The van der Waals surface area contributed by atoms with Gasteiger partial charge in [0.15, 0.2) is 0 Å². The lowest BCUT2D eigenvalue weighted by molar-refractivity contribution is 0.135. The first kappa shape index (κ1) is 19.6. The Hall–Kier alpha value is -2.18. The number of anilines is 1. The van der Waals surface area contributed by atoms with Crippen LogP contribution in [0.1, 0.15) is 28.9 Å². The SMILES string of the molecule is COc1ccc(CN2CCN(c3ccnc(C)n3)CC2CCO)c(C)c1C. The van der Waals surface area contributed by atoms with Gasteiger partial charge in [-0.2, -0.15) is 0 Å². The normalized spacial score (nSPS) is 18.0. The maximum absolute atomic E-state index is 9.58. The maximum Gasteiger partial charge on any atom is 0.132 e. The number of ether oxygens (including phenoxy) is 1. The van der Waals surface area contributed by atoms with E-state index in [9.17, 15) is 5.11 Å². The molecule has 2 heterocycles. The molecule has 0 amide bonds. The van der Waals surface area contributed by atoms with E-state index < -0.39 is 0 Å². The molecule has 1 saturated heterocycles. The van der Waals surface area contributed by atoms with Gasteiger partial charge in [-0.1, -0.05) is 6.07 Å². The Kier molecular flexibility index (Phi) is 6.29. The fourth-order valence-electron chi connectivity index (χ4n) is 3.81. The largest absolute Gasteiger partial charge is 0.496 e. The number of hydrogen-bond donors (Lipinski definition) is 1. The van der Waals surface area contributed by atoms with E-state index >= 15 is 0 Å². The molecule has 1 N–H and O–H groups in total. The second-order valence-corrected chi connectivity index (χ2v) is 7.22. The summed E-state index contributed by atoms with van der Waals surface area (Å²) in [5.74, 6) is 2.70. The quantitative estimate of drug-likeness (QED) is 0.843. The van der Waals surface area contributed by atoms with Gasteiger partial charge in [0.1, 0.15) is 17.4 Å².